The van der Waals surface area contributed by atoms with E-state index in [9.17, 15) is 14.7 Å². The molecule has 0 heterocycles. The number of aliphatic hydroxyl groups is 1. The van der Waals surface area contributed by atoms with Crippen molar-refractivity contribution < 1.29 is 24.2 Å². The molecule has 0 bridgehead atoms. The summed E-state index contributed by atoms with van der Waals surface area (Å²) in [4.78, 5) is 24.1. The number of rotatable bonds is 32. The first-order valence-corrected chi connectivity index (χ1v) is 18.5. The second-order valence-corrected chi connectivity index (χ2v) is 11.9. The SMILES string of the molecule is CCCCCC=CCC=CCC=CCC=CCC=CCCC(=O)OCC(CO)OC(=O)CCCCCCCC=CCCCCCC. The lowest BCUT2D eigenvalue weighted by molar-refractivity contribution is -0.161. The van der Waals surface area contributed by atoms with Crippen LogP contribution in [0.3, 0.4) is 0 Å². The zero-order chi connectivity index (χ0) is 33.6. The van der Waals surface area contributed by atoms with Crippen LogP contribution in [0.25, 0.3) is 0 Å². The maximum atomic E-state index is 12.1. The Labute approximate surface area is 283 Å². The molecule has 0 aromatic carbocycles. The number of carbonyl (C=O) groups excluding carboxylic acids is 2. The average molecular weight is 641 g/mol. The standard InChI is InChI=1S/C41H68O5/c1-3-5-7-9-11-13-15-17-18-19-20-21-22-24-25-27-29-31-33-35-40(43)45-38-39(37-42)46-41(44)36-34-32-30-28-26-23-16-14-12-10-8-6-4-2/h11,13-14,16-18,20-21,24-25,29,31,39,42H,3-10,12,15,19,22-23,26-28,30,32-38H2,1-2H3. The molecule has 0 aliphatic heterocycles. The van der Waals surface area contributed by atoms with Crippen LogP contribution in [0.15, 0.2) is 72.9 Å². The normalized spacial score (nSPS) is 13.0. The van der Waals surface area contributed by atoms with E-state index in [0.29, 0.717) is 12.8 Å². The van der Waals surface area contributed by atoms with Gasteiger partial charge in [0.15, 0.2) is 6.10 Å². The lowest BCUT2D eigenvalue weighted by atomic mass is 10.1. The second-order valence-electron chi connectivity index (χ2n) is 11.9. The molecule has 1 N–H and O–H groups in total. The molecule has 262 valence electrons. The highest BCUT2D eigenvalue weighted by Crippen LogP contribution is 2.10. The van der Waals surface area contributed by atoms with E-state index < -0.39 is 6.10 Å². The van der Waals surface area contributed by atoms with Crippen LogP contribution in [0, 0.1) is 0 Å². The average Bonchev–Trinajstić information content (AvgIpc) is 3.06. The van der Waals surface area contributed by atoms with Crippen LogP contribution >= 0.6 is 0 Å². The molecule has 0 aromatic rings. The summed E-state index contributed by atoms with van der Waals surface area (Å²) >= 11 is 0. The van der Waals surface area contributed by atoms with Crippen LogP contribution in [0.4, 0.5) is 0 Å². The highest BCUT2D eigenvalue weighted by molar-refractivity contribution is 5.70. The number of carbonyl (C=O) groups is 2. The summed E-state index contributed by atoms with van der Waals surface area (Å²) in [6.07, 6.45) is 48.2. The van der Waals surface area contributed by atoms with Crippen molar-refractivity contribution in [3.05, 3.63) is 72.9 Å². The molecule has 5 nitrogen and oxygen atoms in total. The van der Waals surface area contributed by atoms with E-state index >= 15 is 0 Å². The minimum atomic E-state index is -0.807. The van der Waals surface area contributed by atoms with Crippen LogP contribution in [-0.4, -0.2) is 36.4 Å². The number of aliphatic hydroxyl groups excluding tert-OH is 1. The van der Waals surface area contributed by atoms with Crippen molar-refractivity contribution in [1.29, 1.82) is 0 Å². The molecule has 0 saturated heterocycles. The summed E-state index contributed by atoms with van der Waals surface area (Å²) in [5.74, 6) is -0.705. The van der Waals surface area contributed by atoms with Gasteiger partial charge in [-0.05, 0) is 77.0 Å². The van der Waals surface area contributed by atoms with E-state index in [1.54, 1.807) is 0 Å². The fourth-order valence-electron chi connectivity index (χ4n) is 4.65. The third-order valence-electron chi connectivity index (χ3n) is 7.49. The first kappa shape index (κ1) is 43.3. The number of unbranched alkanes of at least 4 members (excludes halogenated alkanes) is 12. The summed E-state index contributed by atoms with van der Waals surface area (Å²) in [6, 6.07) is 0. The second kappa shape index (κ2) is 36.8. The highest BCUT2D eigenvalue weighted by atomic mass is 16.6. The molecule has 0 rings (SSSR count). The van der Waals surface area contributed by atoms with Crippen LogP contribution in [-0.2, 0) is 19.1 Å². The highest BCUT2D eigenvalue weighted by Gasteiger charge is 2.15. The molecule has 0 aliphatic carbocycles. The van der Waals surface area contributed by atoms with Crippen molar-refractivity contribution >= 4 is 11.9 Å². The van der Waals surface area contributed by atoms with Gasteiger partial charge in [0.1, 0.15) is 6.61 Å². The molecule has 1 atom stereocenters. The van der Waals surface area contributed by atoms with Gasteiger partial charge in [-0.15, -0.1) is 0 Å². The van der Waals surface area contributed by atoms with E-state index in [2.05, 4.69) is 74.6 Å². The van der Waals surface area contributed by atoms with Crippen LogP contribution in [0.5, 0.6) is 0 Å². The fraction of sp³-hybridized carbons (Fsp3) is 0.659. The monoisotopic (exact) mass is 641 g/mol. The Morgan fingerprint density at radius 1 is 0.500 bits per heavy atom. The maximum Gasteiger partial charge on any atom is 0.306 e. The van der Waals surface area contributed by atoms with E-state index in [-0.39, 0.29) is 31.6 Å². The van der Waals surface area contributed by atoms with E-state index in [1.807, 2.05) is 12.2 Å². The first-order chi connectivity index (χ1) is 22.6. The number of esters is 2. The summed E-state index contributed by atoms with van der Waals surface area (Å²) in [7, 11) is 0. The fourth-order valence-corrected chi connectivity index (χ4v) is 4.65. The predicted molar refractivity (Wildman–Crippen MR) is 196 cm³/mol. The molecular weight excluding hydrogens is 572 g/mol. The third kappa shape index (κ3) is 34.2. The quantitative estimate of drug-likeness (QED) is 0.0450. The van der Waals surface area contributed by atoms with E-state index in [1.165, 1.54) is 70.6 Å². The van der Waals surface area contributed by atoms with Gasteiger partial charge < -0.3 is 14.6 Å². The van der Waals surface area contributed by atoms with Gasteiger partial charge in [-0.1, -0.05) is 138 Å². The minimum absolute atomic E-state index is 0.112. The molecule has 0 fully saturated rings. The first-order valence-electron chi connectivity index (χ1n) is 18.5. The Morgan fingerprint density at radius 3 is 1.46 bits per heavy atom. The number of hydrogen-bond acceptors (Lipinski definition) is 5. The largest absolute Gasteiger partial charge is 0.462 e. The van der Waals surface area contributed by atoms with Crippen molar-refractivity contribution in [1.82, 2.24) is 0 Å². The van der Waals surface area contributed by atoms with Gasteiger partial charge in [-0.25, -0.2) is 0 Å². The molecule has 5 heteroatoms. The Hall–Kier alpha value is -2.66. The van der Waals surface area contributed by atoms with Gasteiger partial charge in [0.2, 0.25) is 0 Å². The van der Waals surface area contributed by atoms with Gasteiger partial charge in [-0.3, -0.25) is 9.59 Å². The molecule has 0 amide bonds. The Balaban J connectivity index is 3.75. The Morgan fingerprint density at radius 2 is 0.913 bits per heavy atom. The van der Waals surface area contributed by atoms with Crippen molar-refractivity contribution in [2.24, 2.45) is 0 Å². The van der Waals surface area contributed by atoms with Crippen molar-refractivity contribution in [3.8, 4) is 0 Å². The smallest absolute Gasteiger partial charge is 0.306 e. The number of ether oxygens (including phenoxy) is 2. The summed E-state index contributed by atoms with van der Waals surface area (Å²) in [6.45, 7) is 4.00. The molecule has 0 spiro atoms. The minimum Gasteiger partial charge on any atom is -0.462 e. The van der Waals surface area contributed by atoms with Gasteiger partial charge >= 0.3 is 11.9 Å². The molecule has 0 radical (unpaired) electrons. The molecule has 1 unspecified atom stereocenters. The van der Waals surface area contributed by atoms with Gasteiger partial charge in [0.25, 0.3) is 0 Å². The topological polar surface area (TPSA) is 72.8 Å². The Bertz CT molecular complexity index is 864. The lowest BCUT2D eigenvalue weighted by Crippen LogP contribution is -2.28. The molecule has 0 aliphatic rings. The summed E-state index contributed by atoms with van der Waals surface area (Å²) in [5, 5.41) is 9.52. The lowest BCUT2D eigenvalue weighted by Gasteiger charge is -2.15. The summed E-state index contributed by atoms with van der Waals surface area (Å²) < 4.78 is 10.5. The van der Waals surface area contributed by atoms with Gasteiger partial charge in [0.05, 0.1) is 6.61 Å². The molecule has 46 heavy (non-hydrogen) atoms. The van der Waals surface area contributed by atoms with E-state index in [4.69, 9.17) is 9.47 Å². The summed E-state index contributed by atoms with van der Waals surface area (Å²) in [5.41, 5.74) is 0. The Kier molecular flexibility index (Phi) is 34.7. The zero-order valence-electron chi connectivity index (χ0n) is 29.6. The molecular formula is C41H68O5. The van der Waals surface area contributed by atoms with Crippen molar-refractivity contribution in [2.45, 2.75) is 161 Å². The van der Waals surface area contributed by atoms with Crippen LogP contribution in [0.1, 0.15) is 155 Å². The number of hydrogen-bond donors (Lipinski definition) is 1. The molecule has 0 aromatic heterocycles. The third-order valence-corrected chi connectivity index (χ3v) is 7.49. The van der Waals surface area contributed by atoms with Crippen molar-refractivity contribution in [3.63, 3.8) is 0 Å². The van der Waals surface area contributed by atoms with Gasteiger partial charge in [-0.2, -0.15) is 0 Å². The van der Waals surface area contributed by atoms with Crippen LogP contribution in [0.2, 0.25) is 0 Å². The predicted octanol–water partition coefficient (Wildman–Crippen LogP) is 11.4. The molecule has 0 saturated carbocycles. The van der Waals surface area contributed by atoms with Gasteiger partial charge in [0, 0.05) is 12.8 Å². The maximum absolute atomic E-state index is 12.1. The van der Waals surface area contributed by atoms with E-state index in [0.717, 1.165) is 51.4 Å². The van der Waals surface area contributed by atoms with Crippen molar-refractivity contribution in [2.75, 3.05) is 13.2 Å². The van der Waals surface area contributed by atoms with Crippen LogP contribution < -0.4 is 0 Å². The number of allylic oxidation sites excluding steroid dienone is 12. The zero-order valence-corrected chi connectivity index (χ0v) is 29.6.